The first-order chi connectivity index (χ1) is 8.86. The quantitative estimate of drug-likeness (QED) is 0.264. The minimum absolute atomic E-state index is 0.0186. The third-order valence-electron chi connectivity index (χ3n) is 1.99. The van der Waals surface area contributed by atoms with Gasteiger partial charge < -0.3 is 18.9 Å². The van der Waals surface area contributed by atoms with Gasteiger partial charge in [-0.15, -0.1) is 0 Å². The number of hydrogen-bond acceptors (Lipinski definition) is 5. The molecule has 0 N–H and O–H groups in total. The molecule has 19 heavy (non-hydrogen) atoms. The Hall–Kier alpha value is -1.33. The number of rotatable bonds is 10. The van der Waals surface area contributed by atoms with Crippen LogP contribution in [0, 0.1) is 0 Å². The van der Waals surface area contributed by atoms with Crippen molar-refractivity contribution in [2.45, 2.75) is 46.2 Å². The van der Waals surface area contributed by atoms with Crippen LogP contribution in [-0.2, 0) is 23.7 Å². The molecule has 0 bridgehead atoms. The average Bonchev–Trinajstić information content (AvgIpc) is 2.32. The average molecular weight is 272 g/mol. The van der Waals surface area contributed by atoms with Crippen molar-refractivity contribution >= 4 is 5.97 Å². The number of esters is 1. The van der Waals surface area contributed by atoms with Gasteiger partial charge in [0, 0.05) is 5.57 Å². The predicted octanol–water partition coefficient (Wildman–Crippen LogP) is 2.42. The molecule has 5 heteroatoms. The Morgan fingerprint density at radius 3 is 2.37 bits per heavy atom. The van der Waals surface area contributed by atoms with E-state index in [0.717, 1.165) is 0 Å². The highest BCUT2D eigenvalue weighted by atomic mass is 16.7. The van der Waals surface area contributed by atoms with Gasteiger partial charge in [-0.3, -0.25) is 0 Å². The third kappa shape index (κ3) is 9.27. The monoisotopic (exact) mass is 272 g/mol. The summed E-state index contributed by atoms with van der Waals surface area (Å²) in [5, 5.41) is 0. The second-order valence-corrected chi connectivity index (χ2v) is 4.44. The standard InChI is InChI=1S/C14H24O5/c1-7-16-13(19-11(4)5)9-17-12(6)8-18-14(15)10(2)3/h7,11-13H,1-2,8-9H2,3-6H3. The molecule has 0 amide bonds. The molecular weight excluding hydrogens is 248 g/mol. The van der Waals surface area contributed by atoms with Crippen molar-refractivity contribution in [2.24, 2.45) is 0 Å². The highest BCUT2D eigenvalue weighted by Crippen LogP contribution is 2.04. The molecule has 110 valence electrons. The fourth-order valence-corrected chi connectivity index (χ4v) is 1.13. The molecule has 0 rings (SSSR count). The van der Waals surface area contributed by atoms with Gasteiger partial charge in [0.2, 0.25) is 6.29 Å². The number of ether oxygens (including phenoxy) is 4. The summed E-state index contributed by atoms with van der Waals surface area (Å²) in [6, 6.07) is 0. The largest absolute Gasteiger partial charge is 0.471 e. The minimum atomic E-state index is -0.517. The fourth-order valence-electron chi connectivity index (χ4n) is 1.13. The maximum absolute atomic E-state index is 11.2. The Labute approximate surface area is 115 Å². The van der Waals surface area contributed by atoms with E-state index in [1.165, 1.54) is 6.26 Å². The number of carbonyl (C=O) groups excluding carboxylic acids is 1. The Balaban J connectivity index is 3.96. The van der Waals surface area contributed by atoms with Crippen LogP contribution >= 0.6 is 0 Å². The molecule has 2 atom stereocenters. The summed E-state index contributed by atoms with van der Waals surface area (Å²) in [6.45, 7) is 14.6. The lowest BCUT2D eigenvalue weighted by molar-refractivity contribution is -0.175. The lowest BCUT2D eigenvalue weighted by Crippen LogP contribution is -2.29. The van der Waals surface area contributed by atoms with E-state index in [-0.39, 0.29) is 25.4 Å². The van der Waals surface area contributed by atoms with Crippen LogP contribution in [0.15, 0.2) is 25.0 Å². The lowest BCUT2D eigenvalue weighted by atomic mass is 10.3. The summed E-state index contributed by atoms with van der Waals surface area (Å²) < 4.78 is 21.1. The smallest absolute Gasteiger partial charge is 0.333 e. The molecule has 2 unspecified atom stereocenters. The predicted molar refractivity (Wildman–Crippen MR) is 72.5 cm³/mol. The van der Waals surface area contributed by atoms with Crippen LogP contribution < -0.4 is 0 Å². The molecule has 0 fully saturated rings. The Morgan fingerprint density at radius 2 is 1.89 bits per heavy atom. The van der Waals surface area contributed by atoms with Crippen LogP contribution in [0.5, 0.6) is 0 Å². The molecule has 0 aliphatic heterocycles. The van der Waals surface area contributed by atoms with Crippen LogP contribution in [0.3, 0.4) is 0 Å². The van der Waals surface area contributed by atoms with Crippen molar-refractivity contribution in [3.63, 3.8) is 0 Å². The first-order valence-electron chi connectivity index (χ1n) is 6.22. The Bertz CT molecular complexity index is 298. The highest BCUT2D eigenvalue weighted by Gasteiger charge is 2.14. The Kier molecular flexibility index (Phi) is 8.91. The van der Waals surface area contributed by atoms with E-state index in [0.29, 0.717) is 5.57 Å². The van der Waals surface area contributed by atoms with Gasteiger partial charge in [-0.2, -0.15) is 0 Å². The molecular formula is C14H24O5. The van der Waals surface area contributed by atoms with E-state index >= 15 is 0 Å². The molecule has 0 spiro atoms. The summed E-state index contributed by atoms with van der Waals surface area (Å²) >= 11 is 0. The first-order valence-corrected chi connectivity index (χ1v) is 6.22. The van der Waals surface area contributed by atoms with E-state index in [1.807, 2.05) is 13.8 Å². The van der Waals surface area contributed by atoms with Gasteiger partial charge in [0.25, 0.3) is 0 Å². The van der Waals surface area contributed by atoms with E-state index < -0.39 is 12.3 Å². The number of hydrogen-bond donors (Lipinski definition) is 0. The first kappa shape index (κ1) is 17.7. The van der Waals surface area contributed by atoms with E-state index in [1.54, 1.807) is 13.8 Å². The van der Waals surface area contributed by atoms with Crippen LogP contribution in [0.2, 0.25) is 0 Å². The number of carbonyl (C=O) groups is 1. The lowest BCUT2D eigenvalue weighted by Gasteiger charge is -2.21. The van der Waals surface area contributed by atoms with E-state index in [4.69, 9.17) is 18.9 Å². The van der Waals surface area contributed by atoms with Crippen molar-refractivity contribution in [2.75, 3.05) is 13.2 Å². The van der Waals surface area contributed by atoms with E-state index in [2.05, 4.69) is 13.2 Å². The van der Waals surface area contributed by atoms with Gasteiger partial charge in [-0.1, -0.05) is 13.2 Å². The maximum atomic E-state index is 11.2. The molecule has 0 aliphatic rings. The molecule has 0 saturated carbocycles. The zero-order valence-electron chi connectivity index (χ0n) is 12.2. The molecule has 0 aromatic heterocycles. The molecule has 0 aromatic rings. The van der Waals surface area contributed by atoms with E-state index in [9.17, 15) is 4.79 Å². The second kappa shape index (κ2) is 9.58. The molecule has 0 aliphatic carbocycles. The zero-order chi connectivity index (χ0) is 14.8. The summed E-state index contributed by atoms with van der Waals surface area (Å²) in [5.41, 5.74) is 0.364. The topological polar surface area (TPSA) is 54.0 Å². The van der Waals surface area contributed by atoms with Gasteiger partial charge in [-0.05, 0) is 27.7 Å². The van der Waals surface area contributed by atoms with Crippen molar-refractivity contribution in [1.29, 1.82) is 0 Å². The third-order valence-corrected chi connectivity index (χ3v) is 1.99. The molecule has 0 radical (unpaired) electrons. The zero-order valence-corrected chi connectivity index (χ0v) is 12.2. The SMILES string of the molecule is C=COC(COC(C)COC(=O)C(=C)C)OC(C)C. The van der Waals surface area contributed by atoms with Crippen LogP contribution in [0.1, 0.15) is 27.7 Å². The maximum Gasteiger partial charge on any atom is 0.333 e. The van der Waals surface area contributed by atoms with Crippen LogP contribution in [0.4, 0.5) is 0 Å². The van der Waals surface area contributed by atoms with Gasteiger partial charge in [0.05, 0.1) is 18.5 Å². The van der Waals surface area contributed by atoms with Crippen LogP contribution in [-0.4, -0.2) is 37.7 Å². The Morgan fingerprint density at radius 1 is 1.26 bits per heavy atom. The van der Waals surface area contributed by atoms with Crippen molar-refractivity contribution < 1.29 is 23.7 Å². The van der Waals surface area contributed by atoms with Crippen molar-refractivity contribution in [1.82, 2.24) is 0 Å². The van der Waals surface area contributed by atoms with Crippen molar-refractivity contribution in [3.8, 4) is 0 Å². The van der Waals surface area contributed by atoms with Crippen molar-refractivity contribution in [3.05, 3.63) is 25.0 Å². The summed E-state index contributed by atoms with van der Waals surface area (Å²) in [5.74, 6) is -0.423. The normalized spacial score (nSPS) is 13.7. The van der Waals surface area contributed by atoms with Gasteiger partial charge in [0.15, 0.2) is 0 Å². The minimum Gasteiger partial charge on any atom is -0.471 e. The molecule has 0 heterocycles. The van der Waals surface area contributed by atoms with Gasteiger partial charge in [0.1, 0.15) is 13.2 Å². The molecule has 0 aromatic carbocycles. The second-order valence-electron chi connectivity index (χ2n) is 4.44. The summed E-state index contributed by atoms with van der Waals surface area (Å²) in [7, 11) is 0. The summed E-state index contributed by atoms with van der Waals surface area (Å²) in [6.07, 6.45) is 0.555. The summed E-state index contributed by atoms with van der Waals surface area (Å²) in [4.78, 5) is 11.2. The van der Waals surface area contributed by atoms with Crippen LogP contribution in [0.25, 0.3) is 0 Å². The molecule has 5 nitrogen and oxygen atoms in total. The molecule has 0 saturated heterocycles. The fraction of sp³-hybridized carbons (Fsp3) is 0.643. The van der Waals surface area contributed by atoms with Gasteiger partial charge >= 0.3 is 5.97 Å². The highest BCUT2D eigenvalue weighted by molar-refractivity contribution is 5.86. The van der Waals surface area contributed by atoms with Gasteiger partial charge in [-0.25, -0.2) is 4.79 Å².